The average molecular weight is 360 g/mol. The molecule has 1 amide bonds. The van der Waals surface area contributed by atoms with E-state index in [9.17, 15) is 9.59 Å². The minimum absolute atomic E-state index is 0.0691. The summed E-state index contributed by atoms with van der Waals surface area (Å²) in [7, 11) is 0. The molecule has 3 rings (SSSR count). The van der Waals surface area contributed by atoms with Gasteiger partial charge in [0.15, 0.2) is 0 Å². The highest BCUT2D eigenvalue weighted by Crippen LogP contribution is 2.22. The molecule has 1 aliphatic heterocycles. The molecule has 2 aromatic rings. The first kappa shape index (κ1) is 17.3. The van der Waals surface area contributed by atoms with Crippen molar-refractivity contribution < 1.29 is 19.4 Å². The summed E-state index contributed by atoms with van der Waals surface area (Å²) in [6.07, 6.45) is 1.57. The number of aromatic carboxylic acids is 1. The Labute approximate surface area is 150 Å². The maximum Gasteiger partial charge on any atom is 0.335 e. The molecule has 2 aromatic carbocycles. The number of carboxylic acid groups (broad SMARTS) is 1. The molecule has 0 radical (unpaired) electrons. The Bertz CT molecular complexity index is 750. The first-order valence-corrected chi connectivity index (χ1v) is 8.45. The van der Waals surface area contributed by atoms with Gasteiger partial charge in [0, 0.05) is 36.5 Å². The van der Waals surface area contributed by atoms with Crippen LogP contribution in [0.4, 0.5) is 0 Å². The van der Waals surface area contributed by atoms with E-state index in [0.717, 1.165) is 18.6 Å². The molecule has 1 heterocycles. The van der Waals surface area contributed by atoms with Crippen LogP contribution < -0.4 is 4.74 Å². The van der Waals surface area contributed by atoms with E-state index in [1.54, 1.807) is 29.2 Å². The standard InChI is InChI=1S/C19H18ClNO4/c20-15-5-7-16(8-6-15)25-17-9-11-21(12-10-17)18(22)13-1-3-14(4-2-13)19(23)24/h1-8,17H,9-12H2,(H,23,24). The van der Waals surface area contributed by atoms with Crippen LogP contribution in [0.5, 0.6) is 5.75 Å². The summed E-state index contributed by atoms with van der Waals surface area (Å²) in [6.45, 7) is 1.22. The zero-order valence-electron chi connectivity index (χ0n) is 13.5. The predicted octanol–water partition coefficient (Wildman–Crippen LogP) is 3.72. The first-order chi connectivity index (χ1) is 12.0. The normalized spacial score (nSPS) is 15.0. The molecule has 1 N–H and O–H groups in total. The number of hydrogen-bond acceptors (Lipinski definition) is 3. The third-order valence-corrected chi connectivity index (χ3v) is 4.48. The fourth-order valence-corrected chi connectivity index (χ4v) is 2.95. The van der Waals surface area contributed by atoms with Gasteiger partial charge in [-0.1, -0.05) is 11.6 Å². The molecule has 1 fully saturated rings. The Kier molecular flexibility index (Phi) is 5.24. The van der Waals surface area contributed by atoms with Gasteiger partial charge in [0.1, 0.15) is 11.9 Å². The number of piperidine rings is 1. The second-order valence-corrected chi connectivity index (χ2v) is 6.38. The van der Waals surface area contributed by atoms with Crippen LogP contribution >= 0.6 is 11.6 Å². The van der Waals surface area contributed by atoms with E-state index < -0.39 is 5.97 Å². The van der Waals surface area contributed by atoms with Crippen molar-refractivity contribution in [2.24, 2.45) is 0 Å². The maximum absolute atomic E-state index is 12.5. The number of halogens is 1. The van der Waals surface area contributed by atoms with Crippen molar-refractivity contribution >= 4 is 23.5 Å². The third kappa shape index (κ3) is 4.31. The smallest absolute Gasteiger partial charge is 0.335 e. The van der Waals surface area contributed by atoms with Gasteiger partial charge < -0.3 is 14.7 Å². The van der Waals surface area contributed by atoms with E-state index >= 15 is 0 Å². The van der Waals surface area contributed by atoms with E-state index in [-0.39, 0.29) is 17.6 Å². The Morgan fingerprint density at radius 1 is 0.960 bits per heavy atom. The molecule has 1 saturated heterocycles. The Hall–Kier alpha value is -2.53. The fourth-order valence-electron chi connectivity index (χ4n) is 2.82. The van der Waals surface area contributed by atoms with Gasteiger partial charge in [0.25, 0.3) is 5.91 Å². The quantitative estimate of drug-likeness (QED) is 0.903. The van der Waals surface area contributed by atoms with E-state index in [2.05, 4.69) is 0 Å². The Morgan fingerprint density at radius 2 is 1.52 bits per heavy atom. The van der Waals surface area contributed by atoms with Gasteiger partial charge in [-0.15, -0.1) is 0 Å². The van der Waals surface area contributed by atoms with E-state index in [0.29, 0.717) is 23.7 Å². The topological polar surface area (TPSA) is 66.8 Å². The van der Waals surface area contributed by atoms with Crippen molar-refractivity contribution in [3.8, 4) is 5.75 Å². The van der Waals surface area contributed by atoms with Crippen molar-refractivity contribution in [3.05, 3.63) is 64.7 Å². The minimum Gasteiger partial charge on any atom is -0.490 e. The van der Waals surface area contributed by atoms with Gasteiger partial charge in [0.05, 0.1) is 5.56 Å². The minimum atomic E-state index is -1.00. The molecular weight excluding hydrogens is 342 g/mol. The van der Waals surface area contributed by atoms with Gasteiger partial charge in [0.2, 0.25) is 0 Å². The van der Waals surface area contributed by atoms with Crippen LogP contribution in [-0.2, 0) is 0 Å². The number of rotatable bonds is 4. The molecule has 0 aromatic heterocycles. The highest BCUT2D eigenvalue weighted by molar-refractivity contribution is 6.30. The van der Waals surface area contributed by atoms with Crippen LogP contribution in [0.2, 0.25) is 5.02 Å². The molecule has 25 heavy (non-hydrogen) atoms. The van der Waals surface area contributed by atoms with Gasteiger partial charge >= 0.3 is 5.97 Å². The van der Waals surface area contributed by atoms with Gasteiger partial charge in [-0.05, 0) is 48.5 Å². The van der Waals surface area contributed by atoms with E-state index in [1.165, 1.54) is 12.1 Å². The number of ether oxygens (including phenoxy) is 1. The molecule has 0 spiro atoms. The zero-order valence-corrected chi connectivity index (χ0v) is 14.3. The molecule has 0 saturated carbocycles. The lowest BCUT2D eigenvalue weighted by Crippen LogP contribution is -2.41. The molecule has 1 aliphatic rings. The highest BCUT2D eigenvalue weighted by Gasteiger charge is 2.24. The number of carbonyl (C=O) groups is 2. The predicted molar refractivity (Wildman–Crippen MR) is 94.4 cm³/mol. The Balaban J connectivity index is 1.55. The van der Waals surface area contributed by atoms with Gasteiger partial charge in [-0.25, -0.2) is 4.79 Å². The second kappa shape index (κ2) is 7.57. The number of carbonyl (C=O) groups excluding carboxylic acids is 1. The van der Waals surface area contributed by atoms with Crippen LogP contribution in [0.25, 0.3) is 0 Å². The Morgan fingerprint density at radius 3 is 2.08 bits per heavy atom. The second-order valence-electron chi connectivity index (χ2n) is 5.95. The van der Waals surface area contributed by atoms with E-state index in [1.807, 2.05) is 12.1 Å². The summed E-state index contributed by atoms with van der Waals surface area (Å²) >= 11 is 5.86. The number of amides is 1. The largest absolute Gasteiger partial charge is 0.490 e. The van der Waals surface area contributed by atoms with Crippen LogP contribution in [-0.4, -0.2) is 41.1 Å². The lowest BCUT2D eigenvalue weighted by Gasteiger charge is -2.32. The molecule has 0 unspecified atom stereocenters. The molecule has 0 atom stereocenters. The summed E-state index contributed by atoms with van der Waals surface area (Å²) in [5.41, 5.74) is 0.675. The molecule has 130 valence electrons. The van der Waals surface area contributed by atoms with E-state index in [4.69, 9.17) is 21.4 Å². The van der Waals surface area contributed by atoms with Crippen LogP contribution in [0.15, 0.2) is 48.5 Å². The summed E-state index contributed by atoms with van der Waals surface area (Å²) in [5.74, 6) is -0.306. The molecule has 6 heteroatoms. The SMILES string of the molecule is O=C(O)c1ccc(C(=O)N2CCC(Oc3ccc(Cl)cc3)CC2)cc1. The van der Waals surface area contributed by atoms with Crippen LogP contribution in [0.3, 0.4) is 0 Å². The fraction of sp³-hybridized carbons (Fsp3) is 0.263. The lowest BCUT2D eigenvalue weighted by molar-refractivity contribution is 0.0593. The van der Waals surface area contributed by atoms with Crippen molar-refractivity contribution in [3.63, 3.8) is 0 Å². The highest BCUT2D eigenvalue weighted by atomic mass is 35.5. The number of carboxylic acids is 1. The number of benzene rings is 2. The summed E-state index contributed by atoms with van der Waals surface area (Å²) in [6, 6.07) is 13.3. The lowest BCUT2D eigenvalue weighted by atomic mass is 10.1. The summed E-state index contributed by atoms with van der Waals surface area (Å²) in [4.78, 5) is 25.2. The third-order valence-electron chi connectivity index (χ3n) is 4.22. The molecule has 0 bridgehead atoms. The van der Waals surface area contributed by atoms with Crippen molar-refractivity contribution in [2.45, 2.75) is 18.9 Å². The number of nitrogens with zero attached hydrogens (tertiary/aromatic N) is 1. The summed E-state index contributed by atoms with van der Waals surface area (Å²) in [5, 5.41) is 9.58. The maximum atomic E-state index is 12.5. The van der Waals surface area contributed by atoms with Crippen molar-refractivity contribution in [1.82, 2.24) is 4.90 Å². The van der Waals surface area contributed by atoms with Gasteiger partial charge in [-0.2, -0.15) is 0 Å². The summed E-state index contributed by atoms with van der Waals surface area (Å²) < 4.78 is 5.92. The number of hydrogen-bond donors (Lipinski definition) is 1. The number of likely N-dealkylation sites (tertiary alicyclic amines) is 1. The van der Waals surface area contributed by atoms with Gasteiger partial charge in [-0.3, -0.25) is 4.79 Å². The first-order valence-electron chi connectivity index (χ1n) is 8.08. The van der Waals surface area contributed by atoms with Crippen LogP contribution in [0.1, 0.15) is 33.6 Å². The molecule has 0 aliphatic carbocycles. The molecular formula is C19H18ClNO4. The monoisotopic (exact) mass is 359 g/mol. The average Bonchev–Trinajstić information content (AvgIpc) is 2.64. The van der Waals surface area contributed by atoms with Crippen molar-refractivity contribution in [2.75, 3.05) is 13.1 Å². The van der Waals surface area contributed by atoms with Crippen LogP contribution in [0, 0.1) is 0 Å². The van der Waals surface area contributed by atoms with Crippen molar-refractivity contribution in [1.29, 1.82) is 0 Å². The zero-order chi connectivity index (χ0) is 17.8. The molecule has 5 nitrogen and oxygen atoms in total.